The smallest absolute Gasteiger partial charge is 0.295 e. The van der Waals surface area contributed by atoms with Crippen LogP contribution in [-0.4, -0.2) is 38.0 Å². The van der Waals surface area contributed by atoms with Crippen LogP contribution < -0.4 is 10.1 Å². The number of aryl methyl sites for hydroxylation is 1. The van der Waals surface area contributed by atoms with Gasteiger partial charge in [-0.25, -0.2) is 0 Å². The van der Waals surface area contributed by atoms with Crippen LogP contribution in [0.4, 0.5) is 5.13 Å². The van der Waals surface area contributed by atoms with Crippen LogP contribution in [0, 0.1) is 6.92 Å². The lowest BCUT2D eigenvalue weighted by Crippen LogP contribution is -2.13. The molecule has 0 radical (unpaired) electrons. The molecule has 1 N–H and O–H groups in total. The Hall–Kier alpha value is -3.59. The first-order valence-electron chi connectivity index (χ1n) is 8.84. The highest BCUT2D eigenvalue weighted by molar-refractivity contribution is 7.17. The molecule has 0 aliphatic heterocycles. The molecule has 0 bridgehead atoms. The molecule has 0 saturated carbocycles. The average Bonchev–Trinajstić information content (AvgIpc) is 3.38. The molecular formula is C20H18N6O2S. The van der Waals surface area contributed by atoms with Crippen LogP contribution in [-0.2, 0) is 6.54 Å². The minimum Gasteiger partial charge on any atom is -0.472 e. The highest BCUT2D eigenvalue weighted by Gasteiger charge is 2.17. The lowest BCUT2D eigenvalue weighted by Gasteiger charge is -2.08. The minimum absolute atomic E-state index is 0.317. The number of nitrogens with zero attached hydrogens (tertiary/aromatic N) is 5. The van der Waals surface area contributed by atoms with Crippen molar-refractivity contribution in [2.75, 3.05) is 12.4 Å². The van der Waals surface area contributed by atoms with Crippen molar-refractivity contribution >= 4 is 22.4 Å². The Labute approximate surface area is 171 Å². The summed E-state index contributed by atoms with van der Waals surface area (Å²) in [7, 11) is 1.50. The quantitative estimate of drug-likeness (QED) is 0.527. The molecule has 0 saturated heterocycles. The number of pyridine rings is 1. The van der Waals surface area contributed by atoms with E-state index in [1.54, 1.807) is 12.4 Å². The molecule has 146 valence electrons. The third-order valence-corrected chi connectivity index (χ3v) is 5.02. The standard InChI is InChI=1S/C20H18N6O2S/c1-13-8-16(15-9-22-26(12-15)11-14-6-4-3-5-7-14)17(10-21-13)18(27)23-19-24-25-20(28-2)29-19/h3-10,12H,11H2,1-2H3,(H,23,24,27). The highest BCUT2D eigenvalue weighted by atomic mass is 32.1. The first kappa shape index (κ1) is 18.8. The van der Waals surface area contributed by atoms with Gasteiger partial charge in [-0.05, 0) is 29.9 Å². The molecule has 8 nitrogen and oxygen atoms in total. The van der Waals surface area contributed by atoms with Gasteiger partial charge in [0.2, 0.25) is 5.13 Å². The van der Waals surface area contributed by atoms with Gasteiger partial charge in [-0.2, -0.15) is 5.10 Å². The zero-order valence-electron chi connectivity index (χ0n) is 15.9. The molecule has 9 heteroatoms. The molecule has 29 heavy (non-hydrogen) atoms. The molecule has 3 aromatic heterocycles. The van der Waals surface area contributed by atoms with Gasteiger partial charge in [-0.1, -0.05) is 35.4 Å². The van der Waals surface area contributed by atoms with E-state index in [1.165, 1.54) is 7.11 Å². The second-order valence-electron chi connectivity index (χ2n) is 6.31. The average molecular weight is 406 g/mol. The summed E-state index contributed by atoms with van der Waals surface area (Å²) in [4.78, 5) is 17.1. The molecule has 0 aliphatic carbocycles. The third kappa shape index (κ3) is 4.30. The maximum Gasteiger partial charge on any atom is 0.295 e. The summed E-state index contributed by atoms with van der Waals surface area (Å²) in [5.74, 6) is -0.317. The summed E-state index contributed by atoms with van der Waals surface area (Å²) in [6, 6.07) is 11.9. The number of carbonyl (C=O) groups is 1. The number of amides is 1. The minimum atomic E-state index is -0.317. The van der Waals surface area contributed by atoms with Gasteiger partial charge in [0.25, 0.3) is 11.1 Å². The molecule has 0 fully saturated rings. The van der Waals surface area contributed by atoms with Gasteiger partial charge in [0.05, 0.1) is 25.4 Å². The first-order chi connectivity index (χ1) is 14.1. The van der Waals surface area contributed by atoms with Crippen molar-refractivity contribution in [3.8, 4) is 16.3 Å². The first-order valence-corrected chi connectivity index (χ1v) is 9.66. The summed E-state index contributed by atoms with van der Waals surface area (Å²) >= 11 is 1.15. The van der Waals surface area contributed by atoms with Gasteiger partial charge in [0.15, 0.2) is 0 Å². The number of ether oxygens (including phenoxy) is 1. The van der Waals surface area contributed by atoms with E-state index in [9.17, 15) is 4.79 Å². The van der Waals surface area contributed by atoms with Crippen LogP contribution in [0.1, 0.15) is 21.6 Å². The van der Waals surface area contributed by atoms with E-state index in [-0.39, 0.29) is 5.91 Å². The number of carbonyl (C=O) groups excluding carboxylic acids is 1. The Bertz CT molecular complexity index is 1140. The lowest BCUT2D eigenvalue weighted by atomic mass is 10.0. The van der Waals surface area contributed by atoms with E-state index < -0.39 is 0 Å². The molecule has 1 amide bonds. The van der Waals surface area contributed by atoms with Crippen LogP contribution in [0.5, 0.6) is 5.19 Å². The Morgan fingerprint density at radius 1 is 1.21 bits per heavy atom. The lowest BCUT2D eigenvalue weighted by molar-refractivity contribution is 0.102. The van der Waals surface area contributed by atoms with Crippen molar-refractivity contribution in [2.45, 2.75) is 13.5 Å². The van der Waals surface area contributed by atoms with Gasteiger partial charge in [-0.3, -0.25) is 19.8 Å². The Morgan fingerprint density at radius 3 is 2.79 bits per heavy atom. The summed E-state index contributed by atoms with van der Waals surface area (Å²) < 4.78 is 6.86. The molecular weight excluding hydrogens is 388 g/mol. The van der Waals surface area contributed by atoms with Crippen molar-refractivity contribution in [3.05, 3.63) is 71.8 Å². The third-order valence-electron chi connectivity index (χ3n) is 4.22. The van der Waals surface area contributed by atoms with E-state index in [4.69, 9.17) is 4.74 Å². The second kappa shape index (κ2) is 8.19. The van der Waals surface area contributed by atoms with E-state index in [0.29, 0.717) is 22.4 Å². The van der Waals surface area contributed by atoms with Crippen LogP contribution in [0.3, 0.4) is 0 Å². The van der Waals surface area contributed by atoms with Crippen LogP contribution in [0.15, 0.2) is 55.0 Å². The van der Waals surface area contributed by atoms with Crippen LogP contribution in [0.25, 0.3) is 11.1 Å². The zero-order chi connectivity index (χ0) is 20.2. The number of anilines is 1. The predicted molar refractivity (Wildman–Crippen MR) is 110 cm³/mol. The molecule has 0 unspecified atom stereocenters. The molecule has 0 atom stereocenters. The van der Waals surface area contributed by atoms with Crippen molar-refractivity contribution in [1.29, 1.82) is 0 Å². The van der Waals surface area contributed by atoms with Crippen molar-refractivity contribution in [1.82, 2.24) is 25.0 Å². The van der Waals surface area contributed by atoms with E-state index >= 15 is 0 Å². The SMILES string of the molecule is COc1nnc(NC(=O)c2cnc(C)cc2-c2cnn(Cc3ccccc3)c2)s1. The normalized spacial score (nSPS) is 10.7. The summed E-state index contributed by atoms with van der Waals surface area (Å²) in [5, 5.41) is 15.7. The fourth-order valence-electron chi connectivity index (χ4n) is 2.85. The van der Waals surface area contributed by atoms with Gasteiger partial charge >= 0.3 is 0 Å². The van der Waals surface area contributed by atoms with E-state index in [1.807, 2.05) is 54.2 Å². The highest BCUT2D eigenvalue weighted by Crippen LogP contribution is 2.26. The number of nitrogens with one attached hydrogen (secondary N) is 1. The number of rotatable bonds is 6. The monoisotopic (exact) mass is 406 g/mol. The zero-order valence-corrected chi connectivity index (χ0v) is 16.7. The summed E-state index contributed by atoms with van der Waals surface area (Å²) in [5.41, 5.74) is 3.99. The van der Waals surface area contributed by atoms with Gasteiger partial charge < -0.3 is 4.74 Å². The summed E-state index contributed by atoms with van der Waals surface area (Å²) in [6.45, 7) is 2.53. The fourth-order valence-corrected chi connectivity index (χ4v) is 3.40. The fraction of sp³-hybridized carbons (Fsp3) is 0.150. The van der Waals surface area contributed by atoms with Gasteiger partial charge in [-0.15, -0.1) is 5.10 Å². The molecule has 4 aromatic rings. The largest absolute Gasteiger partial charge is 0.472 e. The topological polar surface area (TPSA) is 94.8 Å². The predicted octanol–water partition coefficient (Wildman–Crippen LogP) is 3.41. The molecule has 3 heterocycles. The number of hydrogen-bond donors (Lipinski definition) is 1. The van der Waals surface area contributed by atoms with Crippen molar-refractivity contribution in [3.63, 3.8) is 0 Å². The Morgan fingerprint density at radius 2 is 2.03 bits per heavy atom. The van der Waals surface area contributed by atoms with Crippen molar-refractivity contribution in [2.24, 2.45) is 0 Å². The maximum absolute atomic E-state index is 12.8. The number of benzene rings is 1. The van der Waals surface area contributed by atoms with E-state index in [2.05, 4.69) is 25.6 Å². The molecule has 0 aliphatic rings. The number of hydrogen-bond acceptors (Lipinski definition) is 7. The summed E-state index contributed by atoms with van der Waals surface area (Å²) in [6.07, 6.45) is 5.24. The molecule has 0 spiro atoms. The number of methoxy groups -OCH3 is 1. The van der Waals surface area contributed by atoms with Crippen LogP contribution >= 0.6 is 11.3 Å². The van der Waals surface area contributed by atoms with Gasteiger partial charge in [0.1, 0.15) is 0 Å². The molecule has 4 rings (SSSR count). The second-order valence-corrected chi connectivity index (χ2v) is 7.25. The molecule has 1 aromatic carbocycles. The Kier molecular flexibility index (Phi) is 5.30. The van der Waals surface area contributed by atoms with Crippen molar-refractivity contribution < 1.29 is 9.53 Å². The maximum atomic E-state index is 12.8. The number of aromatic nitrogens is 5. The Balaban J connectivity index is 1.60. The van der Waals surface area contributed by atoms with Gasteiger partial charge in [0, 0.05) is 29.2 Å². The van der Waals surface area contributed by atoms with E-state index in [0.717, 1.165) is 33.7 Å². The van der Waals surface area contributed by atoms with Crippen LogP contribution in [0.2, 0.25) is 0 Å².